The van der Waals surface area contributed by atoms with Crippen molar-refractivity contribution in [3.05, 3.63) is 33.9 Å². The number of nitrogens with two attached hydrogens (primary N) is 2. The van der Waals surface area contributed by atoms with Gasteiger partial charge in [0.05, 0.1) is 13.4 Å². The molecule has 2 rings (SSSR count). The first-order chi connectivity index (χ1) is 9.51. The van der Waals surface area contributed by atoms with Gasteiger partial charge in [0.1, 0.15) is 23.8 Å². The maximum absolute atomic E-state index is 10.6. The van der Waals surface area contributed by atoms with Crippen molar-refractivity contribution >= 4 is 23.0 Å². The van der Waals surface area contributed by atoms with Gasteiger partial charge < -0.3 is 21.2 Å². The molecule has 0 spiro atoms. The molecule has 0 saturated carbocycles. The fourth-order valence-corrected chi connectivity index (χ4v) is 1.15. The van der Waals surface area contributed by atoms with Gasteiger partial charge in [0, 0.05) is 0 Å². The summed E-state index contributed by atoms with van der Waals surface area (Å²) >= 11 is 5.54. The Balaban J connectivity index is 0.000000364. The molecule has 21 heavy (non-hydrogen) atoms. The summed E-state index contributed by atoms with van der Waals surface area (Å²) in [5.74, 6) is 0.306. The highest BCUT2D eigenvalue weighted by Gasteiger charge is 2.03. The minimum Gasteiger partial charge on any atom is -0.479 e. The molecular formula is C11H14ClN7O2. The smallest absolute Gasteiger partial charge is 0.275 e. The average molecular weight is 312 g/mol. The fraction of sp³-hybridized carbons (Fsp3) is 0.182. The lowest BCUT2D eigenvalue weighted by molar-refractivity contribution is 0.399. The highest BCUT2D eigenvalue weighted by molar-refractivity contribution is 6.32. The van der Waals surface area contributed by atoms with E-state index >= 15 is 0 Å². The molecule has 2 aromatic heterocycles. The monoisotopic (exact) mass is 311 g/mol. The SMILES string of the molecule is C.COc1ncnc(Cl)c1N.N#Cc1nc[nH]c(=O)c1N. The van der Waals surface area contributed by atoms with Gasteiger partial charge in [-0.1, -0.05) is 19.0 Å². The minimum atomic E-state index is -0.480. The standard InChI is InChI=1S/C5H6ClN3O.C5H4N4O.CH4/c1-10-5-3(7)4(6)8-2-9-5;6-1-3-4(7)5(10)9-2-8-3;/h2H,7H2,1H3;2H,7H2,(H,8,9,10);1H4. The van der Waals surface area contributed by atoms with Crippen LogP contribution in [0.2, 0.25) is 5.15 Å². The summed E-state index contributed by atoms with van der Waals surface area (Å²) < 4.78 is 4.77. The lowest BCUT2D eigenvalue weighted by Crippen LogP contribution is -2.13. The van der Waals surface area contributed by atoms with E-state index in [4.69, 9.17) is 33.1 Å². The van der Waals surface area contributed by atoms with Crippen LogP contribution in [0.15, 0.2) is 17.4 Å². The fourth-order valence-electron chi connectivity index (χ4n) is 1.02. The van der Waals surface area contributed by atoms with Crippen molar-refractivity contribution in [2.24, 2.45) is 0 Å². The lowest BCUT2D eigenvalue weighted by Gasteiger charge is -2.01. The Morgan fingerprint density at radius 3 is 2.48 bits per heavy atom. The number of nitriles is 1. The highest BCUT2D eigenvalue weighted by atomic mass is 35.5. The van der Waals surface area contributed by atoms with E-state index in [2.05, 4.69) is 19.9 Å². The molecule has 0 amide bonds. The number of rotatable bonds is 1. The molecule has 0 unspecified atom stereocenters. The van der Waals surface area contributed by atoms with Gasteiger partial charge in [0.25, 0.3) is 5.56 Å². The number of anilines is 2. The topological polar surface area (TPSA) is 157 Å². The van der Waals surface area contributed by atoms with E-state index in [1.807, 2.05) is 0 Å². The number of hydrogen-bond donors (Lipinski definition) is 3. The Kier molecular flexibility index (Phi) is 7.20. The largest absolute Gasteiger partial charge is 0.479 e. The van der Waals surface area contributed by atoms with E-state index in [0.29, 0.717) is 5.88 Å². The van der Waals surface area contributed by atoms with Crippen LogP contribution in [0.25, 0.3) is 0 Å². The Hall–Kier alpha value is -2.86. The number of aromatic nitrogens is 4. The average Bonchev–Trinajstić information content (AvgIpc) is 2.45. The molecule has 0 aliphatic carbocycles. The molecule has 0 fully saturated rings. The quantitative estimate of drug-likeness (QED) is 0.645. The van der Waals surface area contributed by atoms with Crippen LogP contribution in [0.3, 0.4) is 0 Å². The van der Waals surface area contributed by atoms with Crippen molar-refractivity contribution in [3.8, 4) is 11.9 Å². The molecule has 112 valence electrons. The maximum Gasteiger partial charge on any atom is 0.275 e. The van der Waals surface area contributed by atoms with Gasteiger partial charge in [-0.3, -0.25) is 4.79 Å². The van der Waals surface area contributed by atoms with Crippen molar-refractivity contribution in [3.63, 3.8) is 0 Å². The Bertz CT molecular complexity index is 696. The Labute approximate surface area is 125 Å². The van der Waals surface area contributed by atoms with Crippen LogP contribution < -0.4 is 21.8 Å². The van der Waals surface area contributed by atoms with Crippen LogP contribution in [0, 0.1) is 11.3 Å². The predicted octanol–water partition coefficient (Wildman–Crippen LogP) is 0.581. The number of nitrogens with one attached hydrogen (secondary N) is 1. The van der Waals surface area contributed by atoms with Gasteiger partial charge in [-0.2, -0.15) is 10.2 Å². The maximum atomic E-state index is 10.6. The summed E-state index contributed by atoms with van der Waals surface area (Å²) in [5.41, 5.74) is 10.2. The van der Waals surface area contributed by atoms with Gasteiger partial charge in [0.2, 0.25) is 5.88 Å². The zero-order valence-electron chi connectivity index (χ0n) is 10.3. The molecule has 9 nitrogen and oxygen atoms in total. The second-order valence-corrected chi connectivity index (χ2v) is 3.55. The molecule has 10 heteroatoms. The molecular weight excluding hydrogens is 298 g/mol. The van der Waals surface area contributed by atoms with E-state index in [-0.39, 0.29) is 29.6 Å². The van der Waals surface area contributed by atoms with Gasteiger partial charge in [0.15, 0.2) is 10.8 Å². The van der Waals surface area contributed by atoms with Gasteiger partial charge >= 0.3 is 0 Å². The first kappa shape index (κ1) is 18.1. The molecule has 0 bridgehead atoms. The predicted molar refractivity (Wildman–Crippen MR) is 78.7 cm³/mol. The van der Waals surface area contributed by atoms with E-state index in [1.54, 1.807) is 6.07 Å². The van der Waals surface area contributed by atoms with Crippen LogP contribution in [0.4, 0.5) is 11.4 Å². The van der Waals surface area contributed by atoms with Gasteiger partial charge in [-0.15, -0.1) is 0 Å². The van der Waals surface area contributed by atoms with Crippen LogP contribution in [0.5, 0.6) is 5.88 Å². The van der Waals surface area contributed by atoms with Gasteiger partial charge in [-0.25, -0.2) is 9.97 Å². The molecule has 0 aromatic carbocycles. The number of nitrogens with zero attached hydrogens (tertiary/aromatic N) is 4. The number of ether oxygens (including phenoxy) is 1. The van der Waals surface area contributed by atoms with Crippen LogP contribution in [0.1, 0.15) is 13.1 Å². The molecule has 0 radical (unpaired) electrons. The third kappa shape index (κ3) is 4.63. The third-order valence-electron chi connectivity index (χ3n) is 1.99. The third-order valence-corrected chi connectivity index (χ3v) is 2.29. The second kappa shape index (κ2) is 8.34. The van der Waals surface area contributed by atoms with Crippen molar-refractivity contribution in [2.45, 2.75) is 7.43 Å². The summed E-state index contributed by atoms with van der Waals surface area (Å²) in [6.07, 6.45) is 2.43. The highest BCUT2D eigenvalue weighted by Crippen LogP contribution is 2.22. The first-order valence-electron chi connectivity index (χ1n) is 5.04. The van der Waals surface area contributed by atoms with Crippen LogP contribution >= 0.6 is 11.6 Å². The van der Waals surface area contributed by atoms with Crippen molar-refractivity contribution in [2.75, 3.05) is 18.6 Å². The molecule has 2 aromatic rings. The Morgan fingerprint density at radius 2 is 2.00 bits per heavy atom. The zero-order chi connectivity index (χ0) is 15.1. The van der Waals surface area contributed by atoms with Gasteiger partial charge in [-0.05, 0) is 0 Å². The number of methoxy groups -OCH3 is 1. The summed E-state index contributed by atoms with van der Waals surface area (Å²) in [6.45, 7) is 0. The zero-order valence-corrected chi connectivity index (χ0v) is 11.0. The van der Waals surface area contributed by atoms with E-state index in [1.165, 1.54) is 13.4 Å². The first-order valence-corrected chi connectivity index (χ1v) is 5.42. The molecule has 0 saturated heterocycles. The number of halogens is 1. The molecule has 2 heterocycles. The van der Waals surface area contributed by atoms with Crippen LogP contribution in [-0.4, -0.2) is 27.0 Å². The summed E-state index contributed by atoms with van der Waals surface area (Å²) in [6, 6.07) is 1.68. The lowest BCUT2D eigenvalue weighted by atomic mass is 10.4. The molecule has 5 N–H and O–H groups in total. The second-order valence-electron chi connectivity index (χ2n) is 3.19. The van der Waals surface area contributed by atoms with E-state index in [0.717, 1.165) is 6.33 Å². The summed E-state index contributed by atoms with van der Waals surface area (Å²) in [4.78, 5) is 23.7. The number of H-pyrrole nitrogens is 1. The summed E-state index contributed by atoms with van der Waals surface area (Å²) in [7, 11) is 1.47. The van der Waals surface area contributed by atoms with E-state index < -0.39 is 5.56 Å². The molecule has 0 atom stereocenters. The Morgan fingerprint density at radius 1 is 1.33 bits per heavy atom. The minimum absolute atomic E-state index is 0. The summed E-state index contributed by atoms with van der Waals surface area (Å²) in [5, 5.41) is 8.51. The number of hydrogen-bond acceptors (Lipinski definition) is 8. The van der Waals surface area contributed by atoms with Crippen molar-refractivity contribution in [1.29, 1.82) is 5.26 Å². The number of aromatic amines is 1. The molecule has 0 aliphatic rings. The van der Waals surface area contributed by atoms with Crippen molar-refractivity contribution < 1.29 is 4.74 Å². The number of nitrogen functional groups attached to an aromatic ring is 2. The van der Waals surface area contributed by atoms with Crippen molar-refractivity contribution in [1.82, 2.24) is 19.9 Å². The van der Waals surface area contributed by atoms with Crippen LogP contribution in [-0.2, 0) is 0 Å². The normalized spacial score (nSPS) is 8.62. The molecule has 0 aliphatic heterocycles. The van der Waals surface area contributed by atoms with E-state index in [9.17, 15) is 4.79 Å².